The number of nitriles is 3. The average Bonchev–Trinajstić information content (AvgIpc) is 3.82. The first-order valence-corrected chi connectivity index (χ1v) is 18.9. The van der Waals surface area contributed by atoms with E-state index in [1.807, 2.05) is 85.2 Å². The lowest BCUT2D eigenvalue weighted by Crippen LogP contribution is -2.05. The van der Waals surface area contributed by atoms with Crippen LogP contribution in [0.5, 0.6) is 0 Å². The van der Waals surface area contributed by atoms with Gasteiger partial charge in [-0.3, -0.25) is 4.98 Å². The number of pyridine rings is 1. The van der Waals surface area contributed by atoms with Gasteiger partial charge >= 0.3 is 0 Å². The van der Waals surface area contributed by atoms with E-state index in [-0.39, 0.29) is 0 Å². The van der Waals surface area contributed by atoms with Crippen LogP contribution >= 0.6 is 0 Å². The highest BCUT2D eigenvalue weighted by molar-refractivity contribution is 6.13. The molecule has 0 saturated heterocycles. The first kappa shape index (κ1) is 35.2. The lowest BCUT2D eigenvalue weighted by atomic mass is 9.97. The molecule has 3 heterocycles. The first-order chi connectivity index (χ1) is 29.5. The van der Waals surface area contributed by atoms with Crippen LogP contribution in [-0.2, 0) is 0 Å². The van der Waals surface area contributed by atoms with Gasteiger partial charge < -0.3 is 9.13 Å². The summed E-state index contributed by atoms with van der Waals surface area (Å²) in [6.45, 7) is 15.3. The molecule has 8 nitrogen and oxygen atoms in total. The summed E-state index contributed by atoms with van der Waals surface area (Å²) in [5.74, 6) is 0. The van der Waals surface area contributed by atoms with Gasteiger partial charge in [0.1, 0.15) is 0 Å². The van der Waals surface area contributed by atoms with Gasteiger partial charge in [-0.15, -0.1) is 0 Å². The molecular weight excluding hydrogens is 737 g/mol. The van der Waals surface area contributed by atoms with Crippen LogP contribution in [0.4, 0.5) is 11.4 Å². The molecule has 8 heteroatoms. The SMILES string of the molecule is [C-]#[N+]c1ccc(-c2ccc3c(c2)c2ccccc2n3-c2cncc(-n3c4ccccc4c4cc(-c5ccc(C#N)cc5C#N)ccc43)c2-c2ccc(C#N)cc2)c([N+]#[C-])c1. The number of aromatic nitrogens is 3. The minimum atomic E-state index is 0.423. The highest BCUT2D eigenvalue weighted by atomic mass is 15.0. The van der Waals surface area contributed by atoms with E-state index in [1.54, 1.807) is 24.3 Å². The zero-order valence-corrected chi connectivity index (χ0v) is 31.6. The Labute approximate surface area is 344 Å². The van der Waals surface area contributed by atoms with E-state index in [0.29, 0.717) is 28.1 Å². The summed E-state index contributed by atoms with van der Waals surface area (Å²) in [6, 6.07) is 53.6. The molecule has 7 aromatic carbocycles. The van der Waals surface area contributed by atoms with Crippen molar-refractivity contribution in [2.24, 2.45) is 0 Å². The maximum Gasteiger partial charge on any atom is 0.184 e. The third-order valence-electron chi connectivity index (χ3n) is 11.2. The van der Waals surface area contributed by atoms with Crippen molar-refractivity contribution >= 4 is 55.0 Å². The predicted molar refractivity (Wildman–Crippen MR) is 236 cm³/mol. The Balaban J connectivity index is 1.26. The van der Waals surface area contributed by atoms with Gasteiger partial charge in [-0.25, -0.2) is 9.69 Å². The molecule has 3 aromatic heterocycles. The van der Waals surface area contributed by atoms with Gasteiger partial charge in [0.25, 0.3) is 0 Å². The zero-order valence-electron chi connectivity index (χ0n) is 31.6. The van der Waals surface area contributed by atoms with E-state index in [9.17, 15) is 15.8 Å². The van der Waals surface area contributed by atoms with Crippen molar-refractivity contribution in [1.29, 1.82) is 15.8 Å². The molecule has 0 unspecified atom stereocenters. The molecule has 0 bridgehead atoms. The molecule has 60 heavy (non-hydrogen) atoms. The quantitative estimate of drug-likeness (QED) is 0.163. The second-order valence-electron chi connectivity index (χ2n) is 14.3. The van der Waals surface area contributed by atoms with Crippen molar-refractivity contribution in [2.45, 2.75) is 0 Å². The Morgan fingerprint density at radius 3 is 1.57 bits per heavy atom. The molecule has 0 saturated carbocycles. The van der Waals surface area contributed by atoms with Crippen molar-refractivity contribution in [3.63, 3.8) is 0 Å². The zero-order chi connectivity index (χ0) is 40.9. The highest BCUT2D eigenvalue weighted by Crippen LogP contribution is 2.44. The molecule has 0 fully saturated rings. The predicted octanol–water partition coefficient (Wildman–Crippen LogP) is 13.0. The number of rotatable bonds is 5. The number of benzene rings is 7. The number of fused-ring (bicyclic) bond motifs is 6. The lowest BCUT2D eigenvalue weighted by molar-refractivity contribution is 1.09. The summed E-state index contributed by atoms with van der Waals surface area (Å²) >= 11 is 0. The Morgan fingerprint density at radius 2 is 1.00 bits per heavy atom. The van der Waals surface area contributed by atoms with Gasteiger partial charge in [-0.05, 0) is 88.5 Å². The van der Waals surface area contributed by atoms with Crippen LogP contribution in [-0.4, -0.2) is 14.1 Å². The van der Waals surface area contributed by atoms with E-state index in [0.717, 1.165) is 88.4 Å². The second-order valence-corrected chi connectivity index (χ2v) is 14.3. The van der Waals surface area contributed by atoms with Crippen molar-refractivity contribution in [1.82, 2.24) is 14.1 Å². The Hall–Kier alpha value is -9.26. The number of para-hydroxylation sites is 2. The van der Waals surface area contributed by atoms with Crippen LogP contribution in [0, 0.1) is 47.1 Å². The minimum absolute atomic E-state index is 0.423. The molecule has 0 atom stereocenters. The standard InChI is InChI=1S/C52H26N8/c1-56-38-18-20-40(45(26-38)57-2)36-17-22-49-44(25-36)42-8-4-6-10-47(42)60(49)51-31-58-30-50(52(51)34-14-11-32(27-53)12-15-34)59-46-9-5-3-7-41(46)43-24-35(16-21-48(43)59)39-19-13-33(28-54)23-37(39)29-55/h3-26,30-31H. The van der Waals surface area contributed by atoms with Crippen LogP contribution in [0.3, 0.4) is 0 Å². The summed E-state index contributed by atoms with van der Waals surface area (Å²) in [5, 5.41) is 33.3. The first-order valence-electron chi connectivity index (χ1n) is 18.9. The molecule has 274 valence electrons. The Kier molecular flexibility index (Phi) is 8.23. The van der Waals surface area contributed by atoms with Gasteiger partial charge in [0, 0.05) is 27.1 Å². The maximum atomic E-state index is 10.0. The molecule has 0 radical (unpaired) electrons. The van der Waals surface area contributed by atoms with Crippen LogP contribution < -0.4 is 0 Å². The van der Waals surface area contributed by atoms with E-state index in [2.05, 4.69) is 85.6 Å². The Morgan fingerprint density at radius 1 is 0.467 bits per heavy atom. The van der Waals surface area contributed by atoms with Gasteiger partial charge in [0.2, 0.25) is 0 Å². The van der Waals surface area contributed by atoms with Crippen molar-refractivity contribution in [2.75, 3.05) is 0 Å². The molecular formula is C52H26N8. The smallest absolute Gasteiger partial charge is 0.184 e. The molecule has 0 N–H and O–H groups in total. The van der Waals surface area contributed by atoms with E-state index in [1.165, 1.54) is 0 Å². The lowest BCUT2D eigenvalue weighted by Gasteiger charge is -2.19. The third kappa shape index (κ3) is 5.45. The molecule has 0 amide bonds. The average molecular weight is 763 g/mol. The molecule has 0 aliphatic carbocycles. The minimum Gasteiger partial charge on any atom is -0.307 e. The number of hydrogen-bond acceptors (Lipinski definition) is 4. The van der Waals surface area contributed by atoms with Crippen LogP contribution in [0.2, 0.25) is 0 Å². The summed E-state index contributed by atoms with van der Waals surface area (Å²) in [7, 11) is 0. The molecule has 0 aliphatic heterocycles. The Bertz CT molecular complexity index is 3450. The van der Waals surface area contributed by atoms with Gasteiger partial charge in [0.15, 0.2) is 11.4 Å². The van der Waals surface area contributed by atoms with Gasteiger partial charge in [-0.2, -0.15) is 15.8 Å². The number of hydrogen-bond donors (Lipinski definition) is 0. The normalized spacial score (nSPS) is 10.9. The van der Waals surface area contributed by atoms with Gasteiger partial charge in [-0.1, -0.05) is 84.9 Å². The van der Waals surface area contributed by atoms with Crippen molar-refractivity contribution in [3.05, 3.63) is 198 Å². The van der Waals surface area contributed by atoms with E-state index < -0.39 is 0 Å². The summed E-state index contributed by atoms with van der Waals surface area (Å²) < 4.78 is 4.46. The molecule has 0 spiro atoms. The topological polar surface area (TPSA) is 103 Å². The molecule has 0 aliphatic rings. The van der Waals surface area contributed by atoms with E-state index >= 15 is 0 Å². The largest absolute Gasteiger partial charge is 0.307 e. The maximum absolute atomic E-state index is 10.0. The van der Waals surface area contributed by atoms with Crippen LogP contribution in [0.15, 0.2) is 158 Å². The van der Waals surface area contributed by atoms with Crippen LogP contribution in [0.25, 0.3) is 98.1 Å². The van der Waals surface area contributed by atoms with E-state index in [4.69, 9.17) is 18.1 Å². The summed E-state index contributed by atoms with van der Waals surface area (Å²) in [4.78, 5) is 12.2. The van der Waals surface area contributed by atoms with Crippen molar-refractivity contribution in [3.8, 4) is 63.0 Å². The summed E-state index contributed by atoms with van der Waals surface area (Å²) in [6.07, 6.45) is 3.77. The fourth-order valence-electron chi connectivity index (χ4n) is 8.47. The second kappa shape index (κ2) is 14.0. The van der Waals surface area contributed by atoms with Crippen molar-refractivity contribution < 1.29 is 0 Å². The fraction of sp³-hybridized carbons (Fsp3) is 0. The monoisotopic (exact) mass is 762 g/mol. The molecule has 10 aromatic rings. The fourth-order valence-corrected chi connectivity index (χ4v) is 8.47. The van der Waals surface area contributed by atoms with Crippen LogP contribution in [0.1, 0.15) is 16.7 Å². The number of nitrogens with zero attached hydrogens (tertiary/aromatic N) is 8. The summed E-state index contributed by atoms with van der Waals surface area (Å²) in [5.41, 5.74) is 12.8. The van der Waals surface area contributed by atoms with Gasteiger partial charge in [0.05, 0.1) is 93.9 Å². The third-order valence-corrected chi connectivity index (χ3v) is 11.2. The highest BCUT2D eigenvalue weighted by Gasteiger charge is 2.23. The molecule has 10 rings (SSSR count).